The second-order valence-electron chi connectivity index (χ2n) is 5.16. The number of carbonyl (C=O) groups excluding carboxylic acids is 1. The van der Waals surface area contributed by atoms with E-state index in [1.54, 1.807) is 0 Å². The lowest BCUT2D eigenvalue weighted by Gasteiger charge is -2.12. The summed E-state index contributed by atoms with van der Waals surface area (Å²) < 4.78 is 7.71. The number of hydrogen-bond donors (Lipinski definition) is 1. The summed E-state index contributed by atoms with van der Waals surface area (Å²) in [6, 6.07) is 8.01. The van der Waals surface area contributed by atoms with E-state index in [-0.39, 0.29) is 17.9 Å². The Labute approximate surface area is 113 Å². The van der Waals surface area contributed by atoms with Crippen LogP contribution in [-0.2, 0) is 11.3 Å². The van der Waals surface area contributed by atoms with Gasteiger partial charge in [0.25, 0.3) is 0 Å². The molecule has 0 spiro atoms. The molecule has 4 nitrogen and oxygen atoms in total. The third-order valence-corrected chi connectivity index (χ3v) is 3.07. The molecule has 102 valence electrons. The minimum atomic E-state index is -0.276. The van der Waals surface area contributed by atoms with Crippen molar-refractivity contribution in [3.63, 3.8) is 0 Å². The number of nitrogens with zero attached hydrogens (tertiary/aromatic N) is 1. The Bertz CT molecular complexity index is 587. The van der Waals surface area contributed by atoms with E-state index in [1.807, 2.05) is 55.8 Å². The zero-order valence-corrected chi connectivity index (χ0v) is 11.6. The SMILES string of the molecule is CC(C)Oc1ccc2c(ccn2CC(C)C(N)=O)c1. The van der Waals surface area contributed by atoms with Crippen LogP contribution in [0.25, 0.3) is 10.9 Å². The summed E-state index contributed by atoms with van der Waals surface area (Å²) >= 11 is 0. The van der Waals surface area contributed by atoms with Crippen LogP contribution in [0.1, 0.15) is 20.8 Å². The number of carbonyl (C=O) groups is 1. The fraction of sp³-hybridized carbons (Fsp3) is 0.400. The molecule has 1 aromatic carbocycles. The van der Waals surface area contributed by atoms with Crippen molar-refractivity contribution >= 4 is 16.8 Å². The van der Waals surface area contributed by atoms with Gasteiger partial charge in [-0.2, -0.15) is 0 Å². The van der Waals surface area contributed by atoms with Gasteiger partial charge in [-0.1, -0.05) is 6.92 Å². The minimum absolute atomic E-state index is 0.161. The summed E-state index contributed by atoms with van der Waals surface area (Å²) in [6.07, 6.45) is 2.14. The summed E-state index contributed by atoms with van der Waals surface area (Å²) in [5.74, 6) is 0.409. The maximum absolute atomic E-state index is 11.1. The van der Waals surface area contributed by atoms with E-state index in [9.17, 15) is 4.79 Å². The molecule has 1 heterocycles. The number of fused-ring (bicyclic) bond motifs is 1. The first-order valence-electron chi connectivity index (χ1n) is 6.52. The second kappa shape index (κ2) is 5.34. The fourth-order valence-electron chi connectivity index (χ4n) is 2.07. The molecule has 4 heteroatoms. The highest BCUT2D eigenvalue weighted by molar-refractivity contribution is 5.82. The van der Waals surface area contributed by atoms with Gasteiger partial charge in [0, 0.05) is 23.6 Å². The summed E-state index contributed by atoms with van der Waals surface area (Å²) in [7, 11) is 0. The molecule has 0 aliphatic heterocycles. The maximum Gasteiger partial charge on any atom is 0.222 e. The van der Waals surface area contributed by atoms with Crippen molar-refractivity contribution in [1.29, 1.82) is 0 Å². The van der Waals surface area contributed by atoms with E-state index < -0.39 is 0 Å². The van der Waals surface area contributed by atoms with Gasteiger partial charge in [-0.3, -0.25) is 4.79 Å². The molecule has 1 unspecified atom stereocenters. The zero-order valence-electron chi connectivity index (χ0n) is 11.6. The fourth-order valence-corrected chi connectivity index (χ4v) is 2.07. The highest BCUT2D eigenvalue weighted by Gasteiger charge is 2.11. The van der Waals surface area contributed by atoms with E-state index in [4.69, 9.17) is 10.5 Å². The van der Waals surface area contributed by atoms with Crippen molar-refractivity contribution in [2.45, 2.75) is 33.4 Å². The molecule has 19 heavy (non-hydrogen) atoms. The topological polar surface area (TPSA) is 57.2 Å². The minimum Gasteiger partial charge on any atom is -0.491 e. The number of benzene rings is 1. The highest BCUT2D eigenvalue weighted by Crippen LogP contribution is 2.23. The smallest absolute Gasteiger partial charge is 0.222 e. The highest BCUT2D eigenvalue weighted by atomic mass is 16.5. The molecule has 1 aromatic heterocycles. The van der Waals surface area contributed by atoms with Crippen molar-refractivity contribution in [3.05, 3.63) is 30.5 Å². The largest absolute Gasteiger partial charge is 0.491 e. The Morgan fingerprint density at radius 3 is 2.68 bits per heavy atom. The molecule has 0 radical (unpaired) electrons. The Morgan fingerprint density at radius 2 is 2.05 bits per heavy atom. The van der Waals surface area contributed by atoms with E-state index >= 15 is 0 Å². The van der Waals surface area contributed by atoms with Crippen LogP contribution in [0.5, 0.6) is 5.75 Å². The van der Waals surface area contributed by atoms with Gasteiger partial charge < -0.3 is 15.0 Å². The van der Waals surface area contributed by atoms with Crippen molar-refractivity contribution in [1.82, 2.24) is 4.57 Å². The van der Waals surface area contributed by atoms with Crippen LogP contribution in [0, 0.1) is 5.92 Å². The van der Waals surface area contributed by atoms with Crippen molar-refractivity contribution in [2.75, 3.05) is 0 Å². The first-order chi connectivity index (χ1) is 8.97. The zero-order chi connectivity index (χ0) is 14.0. The number of aromatic nitrogens is 1. The Balaban J connectivity index is 2.26. The van der Waals surface area contributed by atoms with Crippen LogP contribution in [-0.4, -0.2) is 16.6 Å². The molecule has 2 N–H and O–H groups in total. The van der Waals surface area contributed by atoms with Gasteiger partial charge in [-0.05, 0) is 38.1 Å². The normalized spacial score (nSPS) is 12.8. The Hall–Kier alpha value is -1.97. The summed E-state index contributed by atoms with van der Waals surface area (Å²) in [6.45, 7) is 6.45. The number of ether oxygens (including phenoxy) is 1. The third-order valence-electron chi connectivity index (χ3n) is 3.07. The molecule has 0 saturated heterocycles. The average molecular weight is 260 g/mol. The first kappa shape index (κ1) is 13.5. The first-order valence-corrected chi connectivity index (χ1v) is 6.52. The lowest BCUT2D eigenvalue weighted by Crippen LogP contribution is -2.24. The summed E-state index contributed by atoms with van der Waals surface area (Å²) in [5, 5.41) is 1.11. The Morgan fingerprint density at radius 1 is 1.32 bits per heavy atom. The third kappa shape index (κ3) is 3.08. The molecular weight excluding hydrogens is 240 g/mol. The van der Waals surface area contributed by atoms with Gasteiger partial charge in [0.15, 0.2) is 0 Å². The van der Waals surface area contributed by atoms with Crippen LogP contribution in [0.15, 0.2) is 30.5 Å². The van der Waals surface area contributed by atoms with Gasteiger partial charge in [-0.25, -0.2) is 0 Å². The standard InChI is InChI=1S/C15H20N2O2/c1-10(2)19-13-4-5-14-12(8-13)6-7-17(14)9-11(3)15(16)18/h4-8,10-11H,9H2,1-3H3,(H2,16,18). The van der Waals surface area contributed by atoms with Gasteiger partial charge in [-0.15, -0.1) is 0 Å². The molecule has 2 rings (SSSR count). The van der Waals surface area contributed by atoms with Gasteiger partial charge in [0.1, 0.15) is 5.75 Å². The molecule has 0 bridgehead atoms. The lowest BCUT2D eigenvalue weighted by molar-refractivity contribution is -0.121. The monoisotopic (exact) mass is 260 g/mol. The van der Waals surface area contributed by atoms with Crippen molar-refractivity contribution < 1.29 is 9.53 Å². The molecule has 1 amide bonds. The van der Waals surface area contributed by atoms with Crippen LogP contribution in [0.2, 0.25) is 0 Å². The van der Waals surface area contributed by atoms with E-state index in [2.05, 4.69) is 0 Å². The number of nitrogens with two attached hydrogens (primary N) is 1. The summed E-state index contributed by atoms with van der Waals surface area (Å²) in [5.41, 5.74) is 6.39. The van der Waals surface area contributed by atoms with Gasteiger partial charge in [0.2, 0.25) is 5.91 Å². The van der Waals surface area contributed by atoms with Crippen LogP contribution < -0.4 is 10.5 Å². The number of rotatable bonds is 5. The van der Waals surface area contributed by atoms with Crippen LogP contribution in [0.3, 0.4) is 0 Å². The van der Waals surface area contributed by atoms with Crippen LogP contribution in [0.4, 0.5) is 0 Å². The maximum atomic E-state index is 11.1. The molecule has 2 aromatic rings. The predicted molar refractivity (Wildman–Crippen MR) is 76.1 cm³/mol. The molecule has 0 aliphatic rings. The molecule has 0 fully saturated rings. The molecule has 0 saturated carbocycles. The number of amides is 1. The molecule has 0 aliphatic carbocycles. The predicted octanol–water partition coefficient (Wildman–Crippen LogP) is 2.55. The van der Waals surface area contributed by atoms with Crippen molar-refractivity contribution in [3.8, 4) is 5.75 Å². The molecule has 1 atom stereocenters. The van der Waals surface area contributed by atoms with Gasteiger partial charge in [0.05, 0.1) is 12.0 Å². The van der Waals surface area contributed by atoms with E-state index in [0.29, 0.717) is 6.54 Å². The van der Waals surface area contributed by atoms with E-state index in [0.717, 1.165) is 16.7 Å². The number of primary amides is 1. The van der Waals surface area contributed by atoms with Gasteiger partial charge >= 0.3 is 0 Å². The second-order valence-corrected chi connectivity index (χ2v) is 5.16. The average Bonchev–Trinajstić information content (AvgIpc) is 2.71. The quantitative estimate of drug-likeness (QED) is 0.898. The summed E-state index contributed by atoms with van der Waals surface area (Å²) in [4.78, 5) is 11.1. The molecular formula is C15H20N2O2. The lowest BCUT2D eigenvalue weighted by atomic mass is 10.1. The van der Waals surface area contributed by atoms with Crippen molar-refractivity contribution in [2.24, 2.45) is 11.7 Å². The Kier molecular flexibility index (Phi) is 3.79. The van der Waals surface area contributed by atoms with Crippen LogP contribution >= 0.6 is 0 Å². The number of hydrogen-bond acceptors (Lipinski definition) is 2. The van der Waals surface area contributed by atoms with E-state index in [1.165, 1.54) is 0 Å².